The number of unbranched alkanes of at least 4 members (excludes halogenated alkanes) is 2. The van der Waals surface area contributed by atoms with Crippen LogP contribution in [0.15, 0.2) is 36.4 Å². The zero-order valence-electron chi connectivity index (χ0n) is 22.2. The van der Waals surface area contributed by atoms with Crippen molar-refractivity contribution in [1.82, 2.24) is 9.55 Å². The molecule has 1 aromatic heterocycles. The lowest BCUT2D eigenvalue weighted by Gasteiger charge is -2.13. The lowest BCUT2D eigenvalue weighted by Crippen LogP contribution is -2.18. The van der Waals surface area contributed by atoms with Gasteiger partial charge in [-0.3, -0.25) is 9.59 Å². The number of ether oxygens (including phenoxy) is 1. The second kappa shape index (κ2) is 11.5. The number of anilines is 1. The quantitative estimate of drug-likeness (QED) is 0.268. The number of rotatable bonds is 10. The van der Waals surface area contributed by atoms with E-state index < -0.39 is 18.2 Å². The van der Waals surface area contributed by atoms with E-state index in [1.807, 2.05) is 29.7 Å². The normalized spacial score (nSPS) is 14.8. The average Bonchev–Trinajstić information content (AvgIpc) is 3.40. The summed E-state index contributed by atoms with van der Waals surface area (Å²) >= 11 is 0. The molecular weight excluding hydrogens is 511 g/mol. The largest absolute Gasteiger partial charge is 0.573 e. The first kappa shape index (κ1) is 28.2. The monoisotopic (exact) mass is 543 g/mol. The van der Waals surface area contributed by atoms with Gasteiger partial charge in [0.2, 0.25) is 0 Å². The van der Waals surface area contributed by atoms with E-state index in [4.69, 9.17) is 4.98 Å². The molecule has 0 saturated carbocycles. The number of nitrogens with zero attached hydrogens (tertiary/aromatic N) is 2. The number of hydrogen-bond acceptors (Lipinski definition) is 4. The molecule has 1 amide bonds. The molecule has 0 fully saturated rings. The van der Waals surface area contributed by atoms with Gasteiger partial charge in [-0.2, -0.15) is 0 Å². The summed E-state index contributed by atoms with van der Waals surface area (Å²) in [6, 6.07) is 9.69. The minimum atomic E-state index is -4.80. The molecule has 7 nitrogen and oxygen atoms in total. The van der Waals surface area contributed by atoms with Crippen molar-refractivity contribution in [3.05, 3.63) is 64.5 Å². The molecule has 0 spiro atoms. The number of imidazole rings is 1. The number of aryl methyl sites for hydroxylation is 2. The van der Waals surface area contributed by atoms with Gasteiger partial charge in [-0.25, -0.2) is 4.98 Å². The molecule has 2 N–H and O–H groups in total. The lowest BCUT2D eigenvalue weighted by atomic mass is 9.97. The smallest absolute Gasteiger partial charge is 0.481 e. The van der Waals surface area contributed by atoms with E-state index >= 15 is 0 Å². The van der Waals surface area contributed by atoms with Gasteiger partial charge in [-0.1, -0.05) is 31.9 Å². The Morgan fingerprint density at radius 3 is 2.59 bits per heavy atom. The van der Waals surface area contributed by atoms with Crippen LogP contribution in [0.25, 0.3) is 11.4 Å². The maximum absolute atomic E-state index is 13.3. The zero-order valence-corrected chi connectivity index (χ0v) is 22.2. The number of carbonyl (C=O) groups is 2. The van der Waals surface area contributed by atoms with Crippen molar-refractivity contribution in [2.75, 3.05) is 5.32 Å². The molecule has 0 bridgehead atoms. The number of carboxylic acid groups (broad SMARTS) is 1. The van der Waals surface area contributed by atoms with Gasteiger partial charge in [0.05, 0.1) is 6.42 Å². The highest BCUT2D eigenvalue weighted by Crippen LogP contribution is 2.38. The molecule has 0 aliphatic heterocycles. The second-order valence-electron chi connectivity index (χ2n) is 9.95. The van der Waals surface area contributed by atoms with Gasteiger partial charge in [-0.05, 0) is 80.0 Å². The first-order valence-corrected chi connectivity index (χ1v) is 13.1. The number of aliphatic carboxylic acids is 1. The van der Waals surface area contributed by atoms with Crippen LogP contribution in [0.3, 0.4) is 0 Å². The highest BCUT2D eigenvalue weighted by Gasteiger charge is 2.31. The zero-order chi connectivity index (χ0) is 28.3. The Kier molecular flexibility index (Phi) is 8.32. The molecule has 10 heteroatoms. The maximum Gasteiger partial charge on any atom is 0.573 e. The SMILES string of the molecule is CCCCCn1c(-c2ccc3c(c2)CC[C@H]3CC(=O)O)nc(C(=O)Nc2ccc(OC(F)(F)F)cc2C)c1C. The predicted octanol–water partition coefficient (Wildman–Crippen LogP) is 7.01. The van der Waals surface area contributed by atoms with Gasteiger partial charge in [0.15, 0.2) is 0 Å². The number of hydrogen-bond donors (Lipinski definition) is 2. The Balaban J connectivity index is 1.63. The first-order chi connectivity index (χ1) is 18.5. The summed E-state index contributed by atoms with van der Waals surface area (Å²) in [5, 5.41) is 12.0. The highest BCUT2D eigenvalue weighted by molar-refractivity contribution is 6.04. The fraction of sp³-hybridized carbons (Fsp3) is 0.414. The van der Waals surface area contributed by atoms with Crippen molar-refractivity contribution in [1.29, 1.82) is 0 Å². The Morgan fingerprint density at radius 2 is 1.92 bits per heavy atom. The third kappa shape index (κ3) is 6.61. The van der Waals surface area contributed by atoms with Crippen molar-refractivity contribution in [2.45, 2.75) is 78.1 Å². The van der Waals surface area contributed by atoms with Crippen LogP contribution in [0.2, 0.25) is 0 Å². The van der Waals surface area contributed by atoms with Crippen LogP contribution in [-0.2, 0) is 17.8 Å². The molecule has 39 heavy (non-hydrogen) atoms. The summed E-state index contributed by atoms with van der Waals surface area (Å²) in [6.07, 6.45) is -0.160. The standard InChI is InChI=1S/C29H32F3N3O4/c1-4-5-6-13-35-18(3)26(28(38)33-24-12-10-22(14-17(24)2)39-29(30,31)32)34-27(35)21-9-11-23-19(15-21)7-8-20(23)16-25(36)37/h9-12,14-15,20H,4-8,13,16H2,1-3H3,(H,33,38)(H,36,37)/t20-/m0/s1. The van der Waals surface area contributed by atoms with Crippen LogP contribution in [0.5, 0.6) is 5.75 Å². The minimum Gasteiger partial charge on any atom is -0.481 e. The van der Waals surface area contributed by atoms with E-state index in [-0.39, 0.29) is 23.8 Å². The number of carboxylic acids is 1. The third-order valence-corrected chi connectivity index (χ3v) is 7.13. The number of alkyl halides is 3. The highest BCUT2D eigenvalue weighted by atomic mass is 19.4. The van der Waals surface area contributed by atoms with Gasteiger partial charge < -0.3 is 19.7 Å². The number of carbonyl (C=O) groups excluding carboxylic acids is 1. The number of aromatic nitrogens is 2. The molecule has 4 rings (SSSR count). The third-order valence-electron chi connectivity index (χ3n) is 7.13. The molecule has 2 aromatic carbocycles. The van der Waals surface area contributed by atoms with Gasteiger partial charge in [0.1, 0.15) is 17.3 Å². The van der Waals surface area contributed by atoms with Gasteiger partial charge in [0.25, 0.3) is 5.91 Å². The van der Waals surface area contributed by atoms with Crippen molar-refractivity contribution in [2.24, 2.45) is 0 Å². The predicted molar refractivity (Wildman–Crippen MR) is 141 cm³/mol. The van der Waals surface area contributed by atoms with Crippen LogP contribution in [0.4, 0.5) is 18.9 Å². The van der Waals surface area contributed by atoms with Crippen LogP contribution >= 0.6 is 0 Å². The minimum absolute atomic E-state index is 0.00455. The molecule has 0 unspecified atom stereocenters. The van der Waals surface area contributed by atoms with Crippen molar-refractivity contribution in [3.63, 3.8) is 0 Å². The van der Waals surface area contributed by atoms with Crippen LogP contribution in [0.1, 0.15) is 77.8 Å². The number of fused-ring (bicyclic) bond motifs is 1. The summed E-state index contributed by atoms with van der Waals surface area (Å²) in [4.78, 5) is 29.3. The molecule has 3 aromatic rings. The fourth-order valence-corrected chi connectivity index (χ4v) is 5.19. The van der Waals surface area contributed by atoms with Gasteiger partial charge in [-0.15, -0.1) is 13.2 Å². The van der Waals surface area contributed by atoms with E-state index in [1.165, 1.54) is 12.1 Å². The first-order valence-electron chi connectivity index (χ1n) is 13.1. The van der Waals surface area contributed by atoms with E-state index in [9.17, 15) is 27.9 Å². The topological polar surface area (TPSA) is 93.5 Å². The molecule has 0 radical (unpaired) electrons. The summed E-state index contributed by atoms with van der Waals surface area (Å²) in [6.45, 7) is 6.21. The van der Waals surface area contributed by atoms with Crippen molar-refractivity contribution < 1.29 is 32.6 Å². The Hall–Kier alpha value is -3.82. The molecule has 1 atom stereocenters. The molecule has 1 heterocycles. The molecular formula is C29H32F3N3O4. The van der Waals surface area contributed by atoms with Crippen molar-refractivity contribution in [3.8, 4) is 17.1 Å². The number of benzene rings is 2. The van der Waals surface area contributed by atoms with E-state index in [0.717, 1.165) is 54.9 Å². The van der Waals surface area contributed by atoms with Crippen LogP contribution in [0, 0.1) is 13.8 Å². The van der Waals surface area contributed by atoms with Crippen LogP contribution in [-0.4, -0.2) is 32.9 Å². The number of halogens is 3. The summed E-state index contributed by atoms with van der Waals surface area (Å²) in [5.74, 6) is -0.983. The molecule has 1 aliphatic carbocycles. The van der Waals surface area contributed by atoms with E-state index in [2.05, 4.69) is 17.0 Å². The number of nitrogens with one attached hydrogen (secondary N) is 1. The fourth-order valence-electron chi connectivity index (χ4n) is 5.19. The van der Waals surface area contributed by atoms with E-state index in [1.54, 1.807) is 6.92 Å². The Bertz CT molecular complexity index is 1380. The summed E-state index contributed by atoms with van der Waals surface area (Å²) in [5.41, 5.74) is 4.71. The Morgan fingerprint density at radius 1 is 1.15 bits per heavy atom. The van der Waals surface area contributed by atoms with E-state index in [0.29, 0.717) is 29.3 Å². The number of amides is 1. The van der Waals surface area contributed by atoms with Gasteiger partial charge in [0, 0.05) is 23.5 Å². The summed E-state index contributed by atoms with van der Waals surface area (Å²) in [7, 11) is 0. The van der Waals surface area contributed by atoms with Crippen molar-refractivity contribution >= 4 is 17.6 Å². The molecule has 208 valence electrons. The average molecular weight is 544 g/mol. The van der Waals surface area contributed by atoms with Crippen LogP contribution < -0.4 is 10.1 Å². The lowest BCUT2D eigenvalue weighted by molar-refractivity contribution is -0.274. The van der Waals surface area contributed by atoms with Gasteiger partial charge >= 0.3 is 12.3 Å². The Labute approximate surface area is 225 Å². The molecule has 1 aliphatic rings. The maximum atomic E-state index is 13.3. The summed E-state index contributed by atoms with van der Waals surface area (Å²) < 4.78 is 43.7. The second-order valence-corrected chi connectivity index (χ2v) is 9.95. The molecule has 0 saturated heterocycles.